The lowest BCUT2D eigenvalue weighted by atomic mass is 9.88. The van der Waals surface area contributed by atoms with Gasteiger partial charge in [-0.25, -0.2) is 4.79 Å². The van der Waals surface area contributed by atoms with Crippen LogP contribution in [-0.4, -0.2) is 28.3 Å². The molecule has 1 aromatic carbocycles. The van der Waals surface area contributed by atoms with Gasteiger partial charge in [0.05, 0.1) is 28.1 Å². The third-order valence-corrected chi connectivity index (χ3v) is 6.18. The Morgan fingerprint density at radius 1 is 1.26 bits per heavy atom. The van der Waals surface area contributed by atoms with E-state index in [1.807, 2.05) is 6.92 Å². The van der Waals surface area contributed by atoms with Gasteiger partial charge in [0.2, 0.25) is 0 Å². The minimum absolute atomic E-state index is 0.237. The molecule has 0 saturated heterocycles. The summed E-state index contributed by atoms with van der Waals surface area (Å²) in [6.07, 6.45) is 2.99. The smallest absolute Gasteiger partial charge is 0.341 e. The van der Waals surface area contributed by atoms with E-state index in [4.69, 9.17) is 4.74 Å². The molecule has 0 fully saturated rings. The Morgan fingerprint density at radius 3 is 2.65 bits per heavy atom. The third-order valence-electron chi connectivity index (χ3n) is 5.01. The van der Waals surface area contributed by atoms with Crippen LogP contribution in [0.4, 0.5) is 16.4 Å². The molecule has 1 atom stereocenters. The zero-order chi connectivity index (χ0) is 22.7. The fourth-order valence-corrected chi connectivity index (χ4v) is 4.86. The van der Waals surface area contributed by atoms with Gasteiger partial charge in [-0.05, 0) is 43.2 Å². The topological polar surface area (TPSA) is 142 Å². The number of nitrogens with zero attached hydrogens (tertiary/aromatic N) is 2. The Kier molecular flexibility index (Phi) is 6.64. The van der Waals surface area contributed by atoms with E-state index in [-0.39, 0.29) is 17.2 Å². The molecule has 1 aliphatic carbocycles. The molecule has 0 aliphatic heterocycles. The van der Waals surface area contributed by atoms with Crippen LogP contribution in [0.15, 0.2) is 18.2 Å². The van der Waals surface area contributed by atoms with Crippen molar-refractivity contribution in [2.24, 2.45) is 5.92 Å². The number of hydrogen-bond acceptors (Lipinski definition) is 8. The van der Waals surface area contributed by atoms with Crippen LogP contribution in [0, 0.1) is 26.1 Å². The molecule has 1 aliphatic rings. The number of nitro groups is 2. The predicted molar refractivity (Wildman–Crippen MR) is 114 cm³/mol. The summed E-state index contributed by atoms with van der Waals surface area (Å²) in [5, 5.41) is 25.2. The largest absolute Gasteiger partial charge is 0.462 e. The van der Waals surface area contributed by atoms with Crippen LogP contribution < -0.4 is 5.32 Å². The SMILES string of the molecule is CCCOC(=O)c1c(NC(=O)c2ccc([N+](=O)[O-])cc2[N+](=O)[O-])sc2c1CCC(C)C2. The van der Waals surface area contributed by atoms with Crippen molar-refractivity contribution in [1.82, 2.24) is 0 Å². The number of ether oxygens (including phenoxy) is 1. The van der Waals surface area contributed by atoms with Crippen molar-refractivity contribution >= 4 is 39.6 Å². The second-order valence-electron chi connectivity index (χ2n) is 7.36. The maximum atomic E-state index is 12.9. The molecular formula is C20H21N3O7S. The maximum Gasteiger partial charge on any atom is 0.341 e. The molecule has 1 aromatic heterocycles. The highest BCUT2D eigenvalue weighted by atomic mass is 32.1. The average Bonchev–Trinajstić information content (AvgIpc) is 3.08. The summed E-state index contributed by atoms with van der Waals surface area (Å²) in [6, 6.07) is 2.81. The molecule has 2 aromatic rings. The highest BCUT2D eigenvalue weighted by Gasteiger charge is 2.31. The Hall–Kier alpha value is -3.34. The van der Waals surface area contributed by atoms with E-state index in [1.165, 1.54) is 11.3 Å². The minimum atomic E-state index is -0.848. The maximum absolute atomic E-state index is 12.9. The summed E-state index contributed by atoms with van der Waals surface area (Å²) >= 11 is 1.26. The molecule has 11 heteroatoms. The van der Waals surface area contributed by atoms with E-state index in [0.29, 0.717) is 24.3 Å². The molecule has 0 saturated carbocycles. The highest BCUT2D eigenvalue weighted by Crippen LogP contribution is 2.40. The monoisotopic (exact) mass is 447 g/mol. The Labute approximate surface area is 181 Å². The number of amides is 1. The molecule has 1 unspecified atom stereocenters. The normalized spacial score (nSPS) is 15.1. The van der Waals surface area contributed by atoms with Gasteiger partial charge in [-0.15, -0.1) is 11.3 Å². The predicted octanol–water partition coefficient (Wildman–Crippen LogP) is 4.51. The first-order chi connectivity index (χ1) is 14.7. The van der Waals surface area contributed by atoms with E-state index in [0.717, 1.165) is 41.5 Å². The van der Waals surface area contributed by atoms with Crippen molar-refractivity contribution in [1.29, 1.82) is 0 Å². The second-order valence-corrected chi connectivity index (χ2v) is 8.47. The summed E-state index contributed by atoms with van der Waals surface area (Å²) in [7, 11) is 0. The number of hydrogen-bond donors (Lipinski definition) is 1. The lowest BCUT2D eigenvalue weighted by Crippen LogP contribution is -2.17. The summed E-state index contributed by atoms with van der Waals surface area (Å²) in [4.78, 5) is 47.2. The fraction of sp³-hybridized carbons (Fsp3) is 0.400. The molecule has 1 N–H and O–H groups in total. The number of anilines is 1. The quantitative estimate of drug-likeness (QED) is 0.374. The van der Waals surface area contributed by atoms with E-state index in [1.54, 1.807) is 0 Å². The number of fused-ring (bicyclic) bond motifs is 1. The molecule has 164 valence electrons. The van der Waals surface area contributed by atoms with Gasteiger partial charge in [0, 0.05) is 10.9 Å². The molecule has 31 heavy (non-hydrogen) atoms. The van der Waals surface area contributed by atoms with Crippen LogP contribution in [0.5, 0.6) is 0 Å². The number of esters is 1. The zero-order valence-electron chi connectivity index (χ0n) is 17.0. The standard InChI is InChI=1S/C20H21N3O7S/c1-3-8-30-20(25)17-14-6-4-11(2)9-16(14)31-19(17)21-18(24)13-7-5-12(22(26)27)10-15(13)23(28)29/h5,7,10-11H,3-4,6,8-9H2,1-2H3,(H,21,24). The van der Waals surface area contributed by atoms with Crippen LogP contribution >= 0.6 is 11.3 Å². The molecule has 3 rings (SSSR count). The van der Waals surface area contributed by atoms with Crippen LogP contribution in [-0.2, 0) is 17.6 Å². The zero-order valence-corrected chi connectivity index (χ0v) is 17.8. The van der Waals surface area contributed by atoms with Gasteiger partial charge >= 0.3 is 5.97 Å². The van der Waals surface area contributed by atoms with Crippen LogP contribution in [0.1, 0.15) is 57.8 Å². The van der Waals surface area contributed by atoms with Crippen molar-refractivity contribution < 1.29 is 24.2 Å². The lowest BCUT2D eigenvalue weighted by molar-refractivity contribution is -0.394. The number of benzene rings is 1. The van der Waals surface area contributed by atoms with E-state index >= 15 is 0 Å². The molecule has 0 radical (unpaired) electrons. The Balaban J connectivity index is 1.99. The summed E-state index contributed by atoms with van der Waals surface area (Å²) in [5.74, 6) is -0.926. The number of rotatable bonds is 7. The molecule has 1 amide bonds. The number of nitrogens with one attached hydrogen (secondary N) is 1. The third kappa shape index (κ3) is 4.71. The molecule has 1 heterocycles. The summed E-state index contributed by atoms with van der Waals surface area (Å²) in [6.45, 7) is 4.21. The minimum Gasteiger partial charge on any atom is -0.462 e. The average molecular weight is 447 g/mol. The Morgan fingerprint density at radius 2 is 2.00 bits per heavy atom. The van der Waals surface area contributed by atoms with Crippen molar-refractivity contribution in [3.8, 4) is 0 Å². The first kappa shape index (κ1) is 22.3. The number of thiophene rings is 1. The van der Waals surface area contributed by atoms with Gasteiger partial charge in [-0.3, -0.25) is 25.0 Å². The summed E-state index contributed by atoms with van der Waals surface area (Å²) in [5.41, 5.74) is -0.372. The summed E-state index contributed by atoms with van der Waals surface area (Å²) < 4.78 is 5.29. The van der Waals surface area contributed by atoms with Crippen LogP contribution in [0.3, 0.4) is 0 Å². The van der Waals surface area contributed by atoms with Gasteiger partial charge in [0.25, 0.3) is 17.3 Å². The van der Waals surface area contributed by atoms with Crippen molar-refractivity contribution in [2.75, 3.05) is 11.9 Å². The van der Waals surface area contributed by atoms with Gasteiger partial charge in [0.15, 0.2) is 0 Å². The number of non-ortho nitro benzene ring substituents is 1. The van der Waals surface area contributed by atoms with Crippen molar-refractivity contribution in [3.63, 3.8) is 0 Å². The van der Waals surface area contributed by atoms with Gasteiger partial charge in [-0.2, -0.15) is 0 Å². The lowest BCUT2D eigenvalue weighted by Gasteiger charge is -2.18. The van der Waals surface area contributed by atoms with Crippen LogP contribution in [0.25, 0.3) is 0 Å². The van der Waals surface area contributed by atoms with Gasteiger partial charge in [-0.1, -0.05) is 13.8 Å². The van der Waals surface area contributed by atoms with E-state index < -0.39 is 33.1 Å². The van der Waals surface area contributed by atoms with Crippen molar-refractivity contribution in [3.05, 3.63) is 60.0 Å². The van der Waals surface area contributed by atoms with Crippen molar-refractivity contribution in [2.45, 2.75) is 39.5 Å². The van der Waals surface area contributed by atoms with E-state index in [2.05, 4.69) is 12.2 Å². The van der Waals surface area contributed by atoms with Gasteiger partial charge < -0.3 is 10.1 Å². The first-order valence-electron chi connectivity index (χ1n) is 9.78. The number of nitro benzene ring substituents is 2. The molecule has 0 spiro atoms. The first-order valence-corrected chi connectivity index (χ1v) is 10.6. The van der Waals surface area contributed by atoms with Crippen LogP contribution in [0.2, 0.25) is 0 Å². The second kappa shape index (κ2) is 9.21. The number of carbonyl (C=O) groups excluding carboxylic acids is 2. The molecule has 10 nitrogen and oxygen atoms in total. The molecule has 0 bridgehead atoms. The van der Waals surface area contributed by atoms with Gasteiger partial charge in [0.1, 0.15) is 10.6 Å². The molecular weight excluding hydrogens is 426 g/mol. The van der Waals surface area contributed by atoms with E-state index in [9.17, 15) is 29.8 Å². The fourth-order valence-electron chi connectivity index (χ4n) is 3.47. The Bertz CT molecular complexity index is 1060. The highest BCUT2D eigenvalue weighted by molar-refractivity contribution is 7.17. The number of carbonyl (C=O) groups is 2.